The van der Waals surface area contributed by atoms with Gasteiger partial charge in [0, 0.05) is 24.8 Å². The van der Waals surface area contributed by atoms with Gasteiger partial charge < -0.3 is 14.5 Å². The topological polar surface area (TPSA) is 97.6 Å². The van der Waals surface area contributed by atoms with E-state index in [-0.39, 0.29) is 29.3 Å². The van der Waals surface area contributed by atoms with Gasteiger partial charge in [0.2, 0.25) is 10.0 Å². The minimum Gasteiger partial charge on any atom is -0.464 e. The molecule has 0 fully saturated rings. The molecular weight excluding hydrogens is 399 g/mol. The summed E-state index contributed by atoms with van der Waals surface area (Å²) < 4.78 is 51.0. The Bertz CT molecular complexity index is 1080. The molecule has 0 atom stereocenters. The summed E-state index contributed by atoms with van der Waals surface area (Å²) in [5.74, 6) is -0.669. The van der Waals surface area contributed by atoms with Crippen molar-refractivity contribution in [2.24, 2.45) is 0 Å². The van der Waals surface area contributed by atoms with Crippen molar-refractivity contribution in [2.45, 2.75) is 4.90 Å². The summed E-state index contributed by atoms with van der Waals surface area (Å²) in [7, 11) is -2.23. The lowest BCUT2D eigenvalue weighted by Gasteiger charge is -2.09. The van der Waals surface area contributed by atoms with Crippen LogP contribution in [0.5, 0.6) is 0 Å². The van der Waals surface area contributed by atoms with E-state index in [1.807, 2.05) is 0 Å². The Balaban J connectivity index is 1.70. The molecule has 9 heteroatoms. The summed E-state index contributed by atoms with van der Waals surface area (Å²) in [6.45, 7) is 0.373. The summed E-state index contributed by atoms with van der Waals surface area (Å²) in [5.41, 5.74) is 0.736. The number of ether oxygens (including phenoxy) is 1. The summed E-state index contributed by atoms with van der Waals surface area (Å²) in [6, 6.07) is 13.0. The van der Waals surface area contributed by atoms with Crippen LogP contribution in [0.25, 0.3) is 11.3 Å². The number of hydrogen-bond donors (Lipinski definition) is 2. The van der Waals surface area contributed by atoms with Crippen LogP contribution >= 0.6 is 0 Å². The SMILES string of the molecule is COCCNS(=O)(=O)c1ccc(C(=O)Nc2ccc(-c3ccco3)cc2F)cc1. The van der Waals surface area contributed by atoms with E-state index in [2.05, 4.69) is 10.0 Å². The molecule has 3 aromatic rings. The van der Waals surface area contributed by atoms with Crippen molar-refractivity contribution in [3.05, 3.63) is 72.2 Å². The fraction of sp³-hybridized carbons (Fsp3) is 0.150. The summed E-state index contributed by atoms with van der Waals surface area (Å²) in [5, 5.41) is 2.47. The van der Waals surface area contributed by atoms with Crippen LogP contribution in [0.4, 0.5) is 10.1 Å². The zero-order valence-corrected chi connectivity index (χ0v) is 16.3. The second kappa shape index (κ2) is 8.99. The fourth-order valence-electron chi connectivity index (χ4n) is 2.55. The molecule has 1 amide bonds. The zero-order chi connectivity index (χ0) is 20.9. The normalized spacial score (nSPS) is 11.4. The zero-order valence-electron chi connectivity index (χ0n) is 15.5. The maximum atomic E-state index is 14.3. The second-order valence-electron chi connectivity index (χ2n) is 6.04. The number of rotatable bonds is 8. The third kappa shape index (κ3) is 5.08. The Morgan fingerprint density at radius 3 is 2.52 bits per heavy atom. The van der Waals surface area contributed by atoms with Crippen molar-refractivity contribution in [3.63, 3.8) is 0 Å². The molecule has 152 valence electrons. The van der Waals surface area contributed by atoms with Crippen LogP contribution in [0, 0.1) is 5.82 Å². The minimum atomic E-state index is -3.70. The van der Waals surface area contributed by atoms with Gasteiger partial charge in [-0.2, -0.15) is 0 Å². The molecule has 1 heterocycles. The molecule has 0 bridgehead atoms. The van der Waals surface area contributed by atoms with Crippen LogP contribution in [0.15, 0.2) is 70.2 Å². The first-order valence-corrected chi connectivity index (χ1v) is 10.1. The van der Waals surface area contributed by atoms with Crippen LogP contribution in [0.1, 0.15) is 10.4 Å². The number of furan rings is 1. The van der Waals surface area contributed by atoms with E-state index in [0.29, 0.717) is 11.3 Å². The molecule has 0 aliphatic rings. The first-order valence-electron chi connectivity index (χ1n) is 8.64. The molecule has 0 unspecified atom stereocenters. The number of anilines is 1. The predicted octanol–water partition coefficient (Wildman–Crippen LogP) is 3.26. The van der Waals surface area contributed by atoms with Crippen LogP contribution in [0.3, 0.4) is 0 Å². The van der Waals surface area contributed by atoms with Crippen molar-refractivity contribution >= 4 is 21.6 Å². The van der Waals surface area contributed by atoms with Gasteiger partial charge in [-0.05, 0) is 54.6 Å². The highest BCUT2D eigenvalue weighted by Crippen LogP contribution is 2.25. The average Bonchev–Trinajstić information content (AvgIpc) is 3.24. The van der Waals surface area contributed by atoms with Crippen molar-refractivity contribution in [1.82, 2.24) is 4.72 Å². The van der Waals surface area contributed by atoms with E-state index in [4.69, 9.17) is 9.15 Å². The largest absolute Gasteiger partial charge is 0.464 e. The number of carbonyl (C=O) groups excluding carboxylic acids is 1. The van der Waals surface area contributed by atoms with E-state index in [1.165, 1.54) is 49.8 Å². The summed E-state index contributed by atoms with van der Waals surface area (Å²) in [4.78, 5) is 12.4. The molecule has 7 nitrogen and oxygen atoms in total. The van der Waals surface area contributed by atoms with Crippen molar-refractivity contribution < 1.29 is 26.8 Å². The number of benzene rings is 2. The van der Waals surface area contributed by atoms with Crippen LogP contribution < -0.4 is 10.0 Å². The monoisotopic (exact) mass is 418 g/mol. The van der Waals surface area contributed by atoms with Crippen molar-refractivity contribution in [1.29, 1.82) is 0 Å². The van der Waals surface area contributed by atoms with Crippen molar-refractivity contribution in [3.8, 4) is 11.3 Å². The smallest absolute Gasteiger partial charge is 0.255 e. The maximum Gasteiger partial charge on any atom is 0.255 e. The first kappa shape index (κ1) is 20.7. The van der Waals surface area contributed by atoms with Gasteiger partial charge in [0.25, 0.3) is 5.91 Å². The minimum absolute atomic E-state index is 0.00300. The number of amides is 1. The first-order chi connectivity index (χ1) is 13.9. The molecular formula is C20H19FN2O5S. The lowest BCUT2D eigenvalue weighted by Crippen LogP contribution is -2.27. The third-order valence-electron chi connectivity index (χ3n) is 4.05. The van der Waals surface area contributed by atoms with E-state index in [9.17, 15) is 17.6 Å². The Kier molecular flexibility index (Phi) is 6.42. The van der Waals surface area contributed by atoms with Crippen LogP contribution in [-0.4, -0.2) is 34.6 Å². The third-order valence-corrected chi connectivity index (χ3v) is 5.52. The Morgan fingerprint density at radius 2 is 1.90 bits per heavy atom. The highest BCUT2D eigenvalue weighted by Gasteiger charge is 2.15. The molecule has 0 aliphatic heterocycles. The number of methoxy groups -OCH3 is 1. The van der Waals surface area contributed by atoms with Gasteiger partial charge in [0.1, 0.15) is 11.6 Å². The maximum absolute atomic E-state index is 14.3. The highest BCUT2D eigenvalue weighted by molar-refractivity contribution is 7.89. The molecule has 0 spiro atoms. The molecule has 29 heavy (non-hydrogen) atoms. The Labute approximate surface area is 167 Å². The number of carbonyl (C=O) groups is 1. The van der Waals surface area contributed by atoms with Crippen molar-refractivity contribution in [2.75, 3.05) is 25.6 Å². The molecule has 0 radical (unpaired) electrons. The van der Waals surface area contributed by atoms with Gasteiger partial charge in [-0.15, -0.1) is 0 Å². The van der Waals surface area contributed by atoms with Gasteiger partial charge in [0.05, 0.1) is 23.5 Å². The van der Waals surface area contributed by atoms with Gasteiger partial charge in [0.15, 0.2) is 0 Å². The van der Waals surface area contributed by atoms with E-state index >= 15 is 0 Å². The van der Waals surface area contributed by atoms with Crippen LogP contribution in [0.2, 0.25) is 0 Å². The number of halogens is 1. The number of nitrogens with one attached hydrogen (secondary N) is 2. The average molecular weight is 418 g/mol. The second-order valence-corrected chi connectivity index (χ2v) is 7.81. The quantitative estimate of drug-likeness (QED) is 0.547. The molecule has 2 N–H and O–H groups in total. The Hall–Kier alpha value is -3.01. The van der Waals surface area contributed by atoms with Gasteiger partial charge in [-0.3, -0.25) is 4.79 Å². The molecule has 0 saturated heterocycles. The van der Waals surface area contributed by atoms with Gasteiger partial charge in [-0.25, -0.2) is 17.5 Å². The fourth-order valence-corrected chi connectivity index (χ4v) is 3.57. The predicted molar refractivity (Wildman–Crippen MR) is 106 cm³/mol. The summed E-state index contributed by atoms with van der Waals surface area (Å²) >= 11 is 0. The molecule has 0 aliphatic carbocycles. The standard InChI is InChI=1S/C20H19FN2O5S/c1-27-12-10-22-29(25,26)16-7-4-14(5-8-16)20(24)23-18-9-6-15(13-17(18)21)19-3-2-11-28-19/h2-9,11,13,22H,10,12H2,1H3,(H,23,24). The van der Waals surface area contributed by atoms with Gasteiger partial charge >= 0.3 is 0 Å². The summed E-state index contributed by atoms with van der Waals surface area (Å²) in [6.07, 6.45) is 1.49. The highest BCUT2D eigenvalue weighted by atomic mass is 32.2. The number of hydrogen-bond acceptors (Lipinski definition) is 5. The van der Waals surface area contributed by atoms with E-state index in [0.717, 1.165) is 0 Å². The van der Waals surface area contributed by atoms with E-state index < -0.39 is 21.7 Å². The van der Waals surface area contributed by atoms with Gasteiger partial charge in [-0.1, -0.05) is 0 Å². The lowest BCUT2D eigenvalue weighted by molar-refractivity contribution is 0.102. The Morgan fingerprint density at radius 1 is 1.14 bits per heavy atom. The molecule has 1 aromatic heterocycles. The lowest BCUT2D eigenvalue weighted by atomic mass is 10.1. The molecule has 0 saturated carbocycles. The van der Waals surface area contributed by atoms with E-state index in [1.54, 1.807) is 18.2 Å². The van der Waals surface area contributed by atoms with Crippen LogP contribution in [-0.2, 0) is 14.8 Å². The number of sulfonamides is 1. The molecule has 3 rings (SSSR count). The molecule has 2 aromatic carbocycles.